The number of rotatable bonds is 18. The minimum absolute atomic E-state index is 0. The minimum atomic E-state index is -3.95. The number of imidazole rings is 3. The molecule has 0 bridgehead atoms. The Bertz CT molecular complexity index is 1820. The van der Waals surface area contributed by atoms with Crippen molar-refractivity contribution in [3.8, 4) is 0 Å². The fourth-order valence-electron chi connectivity index (χ4n) is 4.24. The zero-order valence-corrected chi connectivity index (χ0v) is 41.6. The summed E-state index contributed by atoms with van der Waals surface area (Å²) in [7, 11) is -1.85. The number of aromatic nitrogens is 6. The van der Waals surface area contributed by atoms with E-state index in [0.29, 0.717) is 11.6 Å². The van der Waals surface area contributed by atoms with E-state index in [2.05, 4.69) is 64.4 Å². The molecular formula is C28H55Cl4LiN12O11P2Si2. The molecule has 0 radical (unpaired) electrons. The molecule has 0 aromatic carbocycles. The number of nitrogens with zero attached hydrogens (tertiary/aromatic N) is 10. The first kappa shape index (κ1) is 62.5. The summed E-state index contributed by atoms with van der Waals surface area (Å²) >= 11 is 21.4. The van der Waals surface area contributed by atoms with Crippen molar-refractivity contribution >= 4 is 93.7 Å². The minimum Gasteiger partial charge on any atom is -0.668 e. The van der Waals surface area contributed by atoms with Crippen molar-refractivity contribution in [2.45, 2.75) is 92.5 Å². The number of nitrogens with one attached hydrogen (secondary N) is 2. The number of nitro groups is 3. The summed E-state index contributed by atoms with van der Waals surface area (Å²) in [6.45, 7) is 16.3. The van der Waals surface area contributed by atoms with Gasteiger partial charge in [0.15, 0.2) is 0 Å². The SMILES string of the molecule is C.C[C@H](CCl)NP(=O)(Cl)Cl.C[C@H](CCl)NP(=O)(OCc1cnc([N+](=O)[O-])n1C)OCc1cnc([N+](=O)[O-])n1C.C[Si](C)(C)[N-][Si](C)(C)C.Cn1c(CO)cnc1[N+](=O)[O-].[Li+]. The summed E-state index contributed by atoms with van der Waals surface area (Å²) in [5.74, 6) is -3.74. The molecule has 23 nitrogen and oxygen atoms in total. The van der Waals surface area contributed by atoms with Gasteiger partial charge < -0.3 is 40.1 Å². The van der Waals surface area contributed by atoms with Gasteiger partial charge in [0.1, 0.15) is 55.5 Å². The Kier molecular flexibility index (Phi) is 29.3. The Hall–Kier alpha value is -1.76. The molecule has 0 fully saturated rings. The standard InChI is InChI=1S/C13H19ClN7O7P.C6H18NSi2.C5H7N3O3.C3H7Cl3NOP.CH4.Li/c1-9(4-14)17-29(26,27-7-10-5-15-12(18(10)2)20(22)23)28-8-11-6-16-13(19(11)3)21(24)25;1-8(2,3)7-9(4,5)6;1-7-4(3-9)2-6-5(7)8(10)11;1-3(2-4)7-9(5,6)8;;/h5-6,9H,4,7-8H2,1-3H3,(H,17,26);1-6H3;2,9H,3H2,1H3;3H,2H2,1H3,(H,7,8);1H4;/q;-1;;;;+1/t9-;;;3-;;/m1..1../s1. The van der Waals surface area contributed by atoms with Crippen LogP contribution in [0.25, 0.3) is 4.65 Å². The monoisotopic (exact) mass is 1000 g/mol. The van der Waals surface area contributed by atoms with Gasteiger partial charge in [0.05, 0.1) is 21.1 Å². The Morgan fingerprint density at radius 3 is 1.23 bits per heavy atom. The molecule has 32 heteroatoms. The summed E-state index contributed by atoms with van der Waals surface area (Å²) in [6, 6.07) is -0.572. The van der Waals surface area contributed by atoms with Crippen LogP contribution < -0.4 is 29.0 Å². The molecule has 0 unspecified atom stereocenters. The Morgan fingerprint density at radius 2 is 1.03 bits per heavy atom. The average molecular weight is 1000 g/mol. The Morgan fingerprint density at radius 1 is 0.733 bits per heavy atom. The number of hydrogen-bond acceptors (Lipinski definition) is 14. The van der Waals surface area contributed by atoms with Crippen LogP contribution in [-0.2, 0) is 59.1 Å². The molecule has 0 saturated carbocycles. The van der Waals surface area contributed by atoms with Gasteiger partial charge in [-0.1, -0.05) is 78.1 Å². The molecule has 3 rings (SSSR count). The zero-order chi connectivity index (χ0) is 45.4. The van der Waals surface area contributed by atoms with E-state index in [-0.39, 0.29) is 75.4 Å². The van der Waals surface area contributed by atoms with Crippen LogP contribution in [-0.4, -0.2) is 88.8 Å². The molecule has 2 atom stereocenters. The Labute approximate surface area is 383 Å². The first-order chi connectivity index (χ1) is 26.4. The van der Waals surface area contributed by atoms with Crippen LogP contribution in [0.5, 0.6) is 0 Å². The molecule has 0 saturated heterocycles. The van der Waals surface area contributed by atoms with Gasteiger partial charge in [-0.25, -0.2) is 28.4 Å². The number of aliphatic hydroxyl groups excluding tert-OH is 1. The van der Waals surface area contributed by atoms with E-state index in [9.17, 15) is 39.5 Å². The van der Waals surface area contributed by atoms with E-state index in [1.165, 1.54) is 53.4 Å². The molecular weight excluding hydrogens is 947 g/mol. The predicted molar refractivity (Wildman–Crippen MR) is 235 cm³/mol. The quantitative estimate of drug-likeness (QED) is 0.0478. The van der Waals surface area contributed by atoms with Crippen LogP contribution in [0.3, 0.4) is 0 Å². The van der Waals surface area contributed by atoms with E-state index < -0.39 is 62.9 Å². The van der Waals surface area contributed by atoms with Gasteiger partial charge in [0.25, 0.3) is 0 Å². The van der Waals surface area contributed by atoms with E-state index in [0.717, 1.165) is 0 Å². The van der Waals surface area contributed by atoms with Crippen LogP contribution >= 0.6 is 59.4 Å². The third-order valence-corrected chi connectivity index (χ3v) is 15.8. The first-order valence-corrected chi connectivity index (χ1v) is 29.8. The molecule has 0 amide bonds. The van der Waals surface area contributed by atoms with E-state index in [1.807, 2.05) is 0 Å². The van der Waals surface area contributed by atoms with Gasteiger partial charge in [0, 0.05) is 23.8 Å². The molecule has 340 valence electrons. The molecule has 3 heterocycles. The van der Waals surface area contributed by atoms with Crippen molar-refractivity contribution in [1.82, 2.24) is 38.8 Å². The van der Waals surface area contributed by atoms with Crippen LogP contribution in [0, 0.1) is 30.3 Å². The molecule has 3 aromatic heterocycles. The molecule has 0 spiro atoms. The van der Waals surface area contributed by atoms with Crippen LogP contribution in [0.1, 0.15) is 38.4 Å². The normalized spacial score (nSPS) is 12.5. The molecule has 0 aliphatic rings. The predicted octanol–water partition coefficient (Wildman–Crippen LogP) is 5.31. The van der Waals surface area contributed by atoms with Crippen molar-refractivity contribution in [2.75, 3.05) is 11.8 Å². The molecule has 60 heavy (non-hydrogen) atoms. The number of alkyl halides is 2. The molecule has 3 aromatic rings. The maximum absolute atomic E-state index is 13.1. The topological polar surface area (TPSA) is 294 Å². The summed E-state index contributed by atoms with van der Waals surface area (Å²) < 4.78 is 42.8. The second-order valence-electron chi connectivity index (χ2n) is 14.1. The van der Waals surface area contributed by atoms with Crippen LogP contribution in [0.15, 0.2) is 18.6 Å². The average Bonchev–Trinajstić information content (AvgIpc) is 3.76. The van der Waals surface area contributed by atoms with Gasteiger partial charge in [-0.3, -0.25) is 13.6 Å². The summed E-state index contributed by atoms with van der Waals surface area (Å²) in [6.07, 6.45) is 3.72. The summed E-state index contributed by atoms with van der Waals surface area (Å²) in [5.41, 5.74) is 1.01. The summed E-state index contributed by atoms with van der Waals surface area (Å²) in [4.78, 5) is 40.8. The van der Waals surface area contributed by atoms with E-state index in [1.54, 1.807) is 13.8 Å². The van der Waals surface area contributed by atoms with Gasteiger partial charge in [-0.05, 0) is 51.1 Å². The number of aliphatic hydroxyl groups is 1. The van der Waals surface area contributed by atoms with Gasteiger partial charge in [-0.2, -0.15) is 0 Å². The maximum atomic E-state index is 13.1. The second kappa shape index (κ2) is 28.1. The second-order valence-corrected chi connectivity index (χ2v) is 30.6. The molecule has 3 N–H and O–H groups in total. The van der Waals surface area contributed by atoms with Gasteiger partial charge in [-0.15, -0.1) is 23.2 Å². The van der Waals surface area contributed by atoms with Crippen molar-refractivity contribution < 1.29 is 56.9 Å². The third-order valence-electron chi connectivity index (χ3n) is 6.48. The maximum Gasteiger partial charge on any atom is 1.00 e. The third kappa shape index (κ3) is 24.8. The van der Waals surface area contributed by atoms with Gasteiger partial charge >= 0.3 is 50.5 Å². The van der Waals surface area contributed by atoms with Crippen molar-refractivity contribution in [3.63, 3.8) is 0 Å². The zero-order valence-electron chi connectivity index (χ0n) is 34.8. The summed E-state index contributed by atoms with van der Waals surface area (Å²) in [5, 5.41) is 45.6. The van der Waals surface area contributed by atoms with E-state index in [4.69, 9.17) is 64.5 Å². The van der Waals surface area contributed by atoms with Crippen LogP contribution in [0.4, 0.5) is 17.8 Å². The Balaban J connectivity index is -0.000000858. The fraction of sp³-hybridized carbons (Fsp3) is 0.679. The van der Waals surface area contributed by atoms with Crippen LogP contribution in [0.2, 0.25) is 39.3 Å². The van der Waals surface area contributed by atoms with Gasteiger partial charge in [0.2, 0.25) is 0 Å². The fourth-order valence-corrected chi connectivity index (χ4v) is 15.7. The number of hydrogen-bond donors (Lipinski definition) is 3. The first-order valence-electron chi connectivity index (χ1n) is 16.8. The van der Waals surface area contributed by atoms with E-state index >= 15 is 0 Å². The van der Waals surface area contributed by atoms with Crippen molar-refractivity contribution in [3.05, 3.63) is 70.7 Å². The number of halogens is 4. The largest absolute Gasteiger partial charge is 1.00 e. The smallest absolute Gasteiger partial charge is 0.668 e. The molecule has 0 aliphatic carbocycles. The van der Waals surface area contributed by atoms with Crippen molar-refractivity contribution in [1.29, 1.82) is 0 Å². The van der Waals surface area contributed by atoms with Crippen molar-refractivity contribution in [2.24, 2.45) is 21.1 Å². The molecule has 0 aliphatic heterocycles.